The smallest absolute Gasteiger partial charge is 0.267 e. The van der Waals surface area contributed by atoms with Gasteiger partial charge >= 0.3 is 0 Å². The van der Waals surface area contributed by atoms with Gasteiger partial charge in [-0.05, 0) is 36.4 Å². The molecule has 1 atom stereocenters. The largest absolute Gasteiger partial charge is 0.349 e. The van der Waals surface area contributed by atoms with Gasteiger partial charge in [0.1, 0.15) is 0 Å². The Morgan fingerprint density at radius 3 is 2.69 bits per heavy atom. The van der Waals surface area contributed by atoms with Crippen molar-refractivity contribution in [2.75, 3.05) is 5.32 Å². The zero-order valence-corrected chi connectivity index (χ0v) is 16.1. The van der Waals surface area contributed by atoms with Crippen molar-refractivity contribution in [3.63, 3.8) is 0 Å². The van der Waals surface area contributed by atoms with Crippen LogP contribution < -0.4 is 10.6 Å². The number of aryl methyl sites for hydroxylation is 1. The molecule has 0 aliphatic heterocycles. The highest BCUT2D eigenvalue weighted by atomic mass is 32.1. The summed E-state index contributed by atoms with van der Waals surface area (Å²) in [5.41, 5.74) is 2.89. The minimum Gasteiger partial charge on any atom is -0.349 e. The van der Waals surface area contributed by atoms with Crippen molar-refractivity contribution in [1.29, 1.82) is 0 Å². The Balaban J connectivity index is 1.56. The first kappa shape index (κ1) is 18.3. The van der Waals surface area contributed by atoms with Crippen LogP contribution >= 0.6 is 22.7 Å². The van der Waals surface area contributed by atoms with E-state index in [9.17, 15) is 9.59 Å². The molecule has 0 spiro atoms. The second-order valence-electron chi connectivity index (χ2n) is 5.90. The lowest BCUT2D eigenvalue weighted by molar-refractivity contribution is -0.121. The molecule has 1 aromatic carbocycles. The van der Waals surface area contributed by atoms with Gasteiger partial charge in [0, 0.05) is 5.38 Å². The van der Waals surface area contributed by atoms with Gasteiger partial charge in [-0.15, -0.1) is 22.7 Å². The van der Waals surface area contributed by atoms with Crippen LogP contribution in [0.5, 0.6) is 0 Å². The van der Waals surface area contributed by atoms with Crippen LogP contribution in [-0.2, 0) is 11.2 Å². The topological polar surface area (TPSA) is 71.1 Å². The molecule has 2 heterocycles. The lowest BCUT2D eigenvalue weighted by atomic mass is 10.0. The average molecular weight is 386 g/mol. The molecule has 0 bridgehead atoms. The zero-order valence-electron chi connectivity index (χ0n) is 14.5. The number of benzene rings is 1. The van der Waals surface area contributed by atoms with Crippen molar-refractivity contribution < 1.29 is 9.59 Å². The van der Waals surface area contributed by atoms with E-state index in [2.05, 4.69) is 15.6 Å². The van der Waals surface area contributed by atoms with E-state index in [0.29, 0.717) is 15.7 Å². The molecule has 0 fully saturated rings. The van der Waals surface area contributed by atoms with Gasteiger partial charge < -0.3 is 5.32 Å². The number of thiazole rings is 1. The lowest BCUT2D eigenvalue weighted by Crippen LogP contribution is -2.28. The number of hydrogen-bond donors (Lipinski definition) is 2. The van der Waals surface area contributed by atoms with Gasteiger partial charge in [-0.1, -0.05) is 30.3 Å². The number of hydrogen-bond acceptors (Lipinski definition) is 5. The van der Waals surface area contributed by atoms with Crippen molar-refractivity contribution in [2.24, 2.45) is 0 Å². The fraction of sp³-hybridized carbons (Fsp3) is 0.211. The van der Waals surface area contributed by atoms with Gasteiger partial charge in [0.15, 0.2) is 5.13 Å². The summed E-state index contributed by atoms with van der Waals surface area (Å²) in [7, 11) is 0. The van der Waals surface area contributed by atoms with Gasteiger partial charge in [-0.2, -0.15) is 0 Å². The molecule has 3 aromatic rings. The van der Waals surface area contributed by atoms with Gasteiger partial charge in [0.2, 0.25) is 5.91 Å². The molecule has 5 nitrogen and oxygen atoms in total. The highest BCUT2D eigenvalue weighted by molar-refractivity contribution is 7.14. The van der Waals surface area contributed by atoms with E-state index in [0.717, 1.165) is 11.1 Å². The maximum Gasteiger partial charge on any atom is 0.267 e. The van der Waals surface area contributed by atoms with E-state index in [-0.39, 0.29) is 24.3 Å². The van der Waals surface area contributed by atoms with Crippen molar-refractivity contribution in [3.8, 4) is 0 Å². The molecule has 0 radical (unpaired) electrons. The minimum atomic E-state index is -0.182. The van der Waals surface area contributed by atoms with Crippen molar-refractivity contribution in [1.82, 2.24) is 10.3 Å². The molecule has 3 rings (SSSR count). The summed E-state index contributed by atoms with van der Waals surface area (Å²) in [5.74, 6) is -0.277. The van der Waals surface area contributed by atoms with Crippen LogP contribution in [0.2, 0.25) is 0 Å². The third-order valence-electron chi connectivity index (χ3n) is 3.89. The third kappa shape index (κ3) is 4.56. The molecule has 2 aromatic heterocycles. The molecule has 0 aliphatic rings. The predicted molar refractivity (Wildman–Crippen MR) is 106 cm³/mol. The Bertz CT molecular complexity index is 903. The summed E-state index contributed by atoms with van der Waals surface area (Å²) in [6.07, 6.45) is 0.182. The number of rotatable bonds is 6. The van der Waals surface area contributed by atoms with Crippen LogP contribution in [0.15, 0.2) is 47.2 Å². The molecule has 0 saturated heterocycles. The number of carbonyl (C=O) groups excluding carboxylic acids is 2. The van der Waals surface area contributed by atoms with Crippen LogP contribution in [0.1, 0.15) is 39.5 Å². The number of thiophene rings is 1. The third-order valence-corrected chi connectivity index (χ3v) is 5.57. The van der Waals surface area contributed by atoms with Gasteiger partial charge in [-0.25, -0.2) is 4.98 Å². The quantitative estimate of drug-likeness (QED) is 0.668. The molecule has 2 N–H and O–H groups in total. The molecule has 26 heavy (non-hydrogen) atoms. The maximum absolute atomic E-state index is 12.3. The fourth-order valence-corrected chi connectivity index (χ4v) is 3.94. The summed E-state index contributed by atoms with van der Waals surface area (Å²) in [4.78, 5) is 29.3. The van der Waals surface area contributed by atoms with E-state index >= 15 is 0 Å². The fourth-order valence-electron chi connectivity index (χ4n) is 2.62. The highest BCUT2D eigenvalue weighted by Gasteiger charge is 2.14. The first-order valence-electron chi connectivity index (χ1n) is 8.17. The molecule has 0 unspecified atom stereocenters. The number of carbonyl (C=O) groups is 2. The van der Waals surface area contributed by atoms with Crippen LogP contribution in [-0.4, -0.2) is 16.8 Å². The number of nitrogens with one attached hydrogen (secondary N) is 2. The van der Waals surface area contributed by atoms with Gasteiger partial charge in [0.05, 0.1) is 23.0 Å². The summed E-state index contributed by atoms with van der Waals surface area (Å²) < 4.78 is 0. The van der Waals surface area contributed by atoms with Crippen molar-refractivity contribution in [3.05, 3.63) is 68.9 Å². The van der Waals surface area contributed by atoms with E-state index in [1.807, 2.05) is 49.6 Å². The SMILES string of the molecule is Cc1ccccc1[C@H](C)NC(=O)Cc1csc(NC(=O)c2cccs2)n1. The molecular formula is C19H19N3O2S2. The number of amides is 2. The minimum absolute atomic E-state index is 0.0691. The van der Waals surface area contributed by atoms with Crippen LogP contribution in [0.25, 0.3) is 0 Å². The monoisotopic (exact) mass is 385 g/mol. The normalized spacial score (nSPS) is 11.8. The van der Waals surface area contributed by atoms with Gasteiger partial charge in [-0.3, -0.25) is 14.9 Å². The summed E-state index contributed by atoms with van der Waals surface area (Å²) in [6, 6.07) is 11.5. The van der Waals surface area contributed by atoms with E-state index in [1.54, 1.807) is 11.4 Å². The highest BCUT2D eigenvalue weighted by Crippen LogP contribution is 2.20. The number of nitrogens with zero attached hydrogens (tertiary/aromatic N) is 1. The summed E-state index contributed by atoms with van der Waals surface area (Å²) in [6.45, 7) is 3.99. The zero-order chi connectivity index (χ0) is 18.5. The van der Waals surface area contributed by atoms with Gasteiger partial charge in [0.25, 0.3) is 5.91 Å². The van der Waals surface area contributed by atoms with Crippen molar-refractivity contribution in [2.45, 2.75) is 26.3 Å². The Morgan fingerprint density at radius 1 is 1.15 bits per heavy atom. The van der Waals surface area contributed by atoms with E-state index in [1.165, 1.54) is 22.7 Å². The van der Waals surface area contributed by atoms with Crippen LogP contribution in [0.4, 0.5) is 5.13 Å². The predicted octanol–water partition coefficient (Wildman–Crippen LogP) is 4.19. The number of aromatic nitrogens is 1. The van der Waals surface area contributed by atoms with Crippen LogP contribution in [0.3, 0.4) is 0 Å². The standard InChI is InChI=1S/C19H19N3O2S2/c1-12-6-3-4-7-15(12)13(2)20-17(23)10-14-11-26-19(21-14)22-18(24)16-8-5-9-25-16/h3-9,11,13H,10H2,1-2H3,(H,20,23)(H,21,22,24)/t13-/m0/s1. The molecule has 2 amide bonds. The number of anilines is 1. The van der Waals surface area contributed by atoms with Crippen LogP contribution in [0, 0.1) is 6.92 Å². The Labute approximate surface area is 160 Å². The molecule has 7 heteroatoms. The second-order valence-corrected chi connectivity index (χ2v) is 7.70. The first-order valence-corrected chi connectivity index (χ1v) is 9.93. The maximum atomic E-state index is 12.3. The Kier molecular flexibility index (Phi) is 5.80. The second kappa shape index (κ2) is 8.25. The van der Waals surface area contributed by atoms with E-state index < -0.39 is 0 Å². The molecular weight excluding hydrogens is 366 g/mol. The summed E-state index contributed by atoms with van der Waals surface area (Å²) >= 11 is 2.69. The lowest BCUT2D eigenvalue weighted by Gasteiger charge is -2.16. The average Bonchev–Trinajstić information content (AvgIpc) is 3.27. The Hall–Kier alpha value is -2.51. The molecule has 0 aliphatic carbocycles. The molecule has 0 saturated carbocycles. The Morgan fingerprint density at radius 2 is 1.96 bits per heavy atom. The molecule has 134 valence electrons. The van der Waals surface area contributed by atoms with Crippen molar-refractivity contribution >= 4 is 39.6 Å². The van der Waals surface area contributed by atoms with E-state index in [4.69, 9.17) is 0 Å². The first-order chi connectivity index (χ1) is 12.5. The summed E-state index contributed by atoms with van der Waals surface area (Å²) in [5, 5.41) is 9.90.